The number of thiocarbonyl (C=S) groups is 1. The molecule has 0 saturated heterocycles. The van der Waals surface area contributed by atoms with Crippen LogP contribution < -0.4 is 20.7 Å². The van der Waals surface area contributed by atoms with Crippen molar-refractivity contribution in [2.24, 2.45) is 0 Å². The summed E-state index contributed by atoms with van der Waals surface area (Å²) in [5.41, 5.74) is 1.20. The SMILES string of the molecule is COc1ccc(C(=O)Nc2ccc(F)c(F)c2)cc1NC(=S)Nc1cccc(C(=O)O)c1. The van der Waals surface area contributed by atoms with Crippen molar-refractivity contribution in [1.82, 2.24) is 0 Å². The summed E-state index contributed by atoms with van der Waals surface area (Å²) in [7, 11) is 1.44. The lowest BCUT2D eigenvalue weighted by Gasteiger charge is -2.15. The molecular weight excluding hydrogens is 440 g/mol. The smallest absolute Gasteiger partial charge is 0.335 e. The van der Waals surface area contributed by atoms with Crippen LogP contribution in [-0.4, -0.2) is 29.2 Å². The quantitative estimate of drug-likeness (QED) is 0.397. The number of hydrogen-bond donors (Lipinski definition) is 4. The maximum absolute atomic E-state index is 13.4. The molecule has 0 bridgehead atoms. The third-order valence-electron chi connectivity index (χ3n) is 4.25. The van der Waals surface area contributed by atoms with E-state index in [4.69, 9.17) is 22.1 Å². The van der Waals surface area contributed by atoms with Crippen molar-refractivity contribution in [2.45, 2.75) is 0 Å². The van der Waals surface area contributed by atoms with E-state index in [-0.39, 0.29) is 21.9 Å². The van der Waals surface area contributed by atoms with Gasteiger partial charge in [0.25, 0.3) is 5.91 Å². The van der Waals surface area contributed by atoms with Gasteiger partial charge in [0.15, 0.2) is 16.7 Å². The van der Waals surface area contributed by atoms with Crippen molar-refractivity contribution in [3.8, 4) is 5.75 Å². The van der Waals surface area contributed by atoms with Gasteiger partial charge < -0.3 is 25.8 Å². The number of halogens is 2. The van der Waals surface area contributed by atoms with Gasteiger partial charge in [-0.1, -0.05) is 6.07 Å². The molecule has 0 atom stereocenters. The summed E-state index contributed by atoms with van der Waals surface area (Å²) in [6, 6.07) is 13.6. The standard InChI is InChI=1S/C22H17F2N3O4S/c1-31-19-8-5-12(20(28)25-15-6-7-16(23)17(24)11-15)10-18(19)27-22(32)26-14-4-2-3-13(9-14)21(29)30/h2-11H,1H3,(H,25,28)(H,29,30)(H2,26,27,32). The van der Waals surface area contributed by atoms with Gasteiger partial charge in [0.2, 0.25) is 0 Å². The number of carbonyl (C=O) groups excluding carboxylic acids is 1. The zero-order valence-corrected chi connectivity index (χ0v) is 17.4. The van der Waals surface area contributed by atoms with E-state index in [1.165, 1.54) is 43.5 Å². The molecule has 0 fully saturated rings. The second-order valence-electron chi connectivity index (χ2n) is 6.46. The predicted octanol–water partition coefficient (Wildman–Crippen LogP) is 4.73. The highest BCUT2D eigenvalue weighted by Gasteiger charge is 2.13. The number of nitrogens with one attached hydrogen (secondary N) is 3. The Bertz CT molecular complexity index is 1200. The van der Waals surface area contributed by atoms with Gasteiger partial charge in [-0.25, -0.2) is 13.6 Å². The highest BCUT2D eigenvalue weighted by molar-refractivity contribution is 7.80. The fourth-order valence-electron chi connectivity index (χ4n) is 2.74. The molecule has 7 nitrogen and oxygen atoms in total. The first-order valence-electron chi connectivity index (χ1n) is 9.12. The Labute approximate surface area is 187 Å². The average molecular weight is 457 g/mol. The lowest BCUT2D eigenvalue weighted by atomic mass is 10.1. The molecule has 10 heteroatoms. The molecule has 1 amide bonds. The number of carboxylic acids is 1. The summed E-state index contributed by atoms with van der Waals surface area (Å²) < 4.78 is 31.7. The van der Waals surface area contributed by atoms with Gasteiger partial charge in [-0.15, -0.1) is 0 Å². The zero-order valence-electron chi connectivity index (χ0n) is 16.6. The first-order chi connectivity index (χ1) is 15.3. The molecule has 0 aromatic heterocycles. The molecule has 3 aromatic carbocycles. The van der Waals surface area contributed by atoms with Crippen molar-refractivity contribution in [2.75, 3.05) is 23.1 Å². The van der Waals surface area contributed by atoms with E-state index in [0.717, 1.165) is 12.1 Å². The zero-order chi connectivity index (χ0) is 23.3. The summed E-state index contributed by atoms with van der Waals surface area (Å²) in [5.74, 6) is -3.35. The van der Waals surface area contributed by atoms with Gasteiger partial charge in [-0.05, 0) is 60.7 Å². The number of carbonyl (C=O) groups is 2. The predicted molar refractivity (Wildman–Crippen MR) is 121 cm³/mol. The van der Waals surface area contributed by atoms with Crippen LogP contribution in [0.1, 0.15) is 20.7 Å². The van der Waals surface area contributed by atoms with E-state index in [1.54, 1.807) is 12.1 Å². The van der Waals surface area contributed by atoms with Crippen LogP contribution in [0.3, 0.4) is 0 Å². The second kappa shape index (κ2) is 9.84. The molecule has 0 aliphatic rings. The first-order valence-corrected chi connectivity index (χ1v) is 9.53. The van der Waals surface area contributed by atoms with E-state index in [2.05, 4.69) is 16.0 Å². The minimum Gasteiger partial charge on any atom is -0.495 e. The number of aromatic carboxylic acids is 1. The lowest BCUT2D eigenvalue weighted by Crippen LogP contribution is -2.20. The van der Waals surface area contributed by atoms with E-state index in [0.29, 0.717) is 17.1 Å². The molecule has 0 heterocycles. The molecule has 0 aliphatic carbocycles. The number of methoxy groups -OCH3 is 1. The van der Waals surface area contributed by atoms with Gasteiger partial charge in [0.05, 0.1) is 18.4 Å². The van der Waals surface area contributed by atoms with Crippen molar-refractivity contribution in [3.05, 3.63) is 83.4 Å². The van der Waals surface area contributed by atoms with Crippen molar-refractivity contribution in [1.29, 1.82) is 0 Å². The lowest BCUT2D eigenvalue weighted by molar-refractivity contribution is 0.0696. The fraction of sp³-hybridized carbons (Fsp3) is 0.0455. The van der Waals surface area contributed by atoms with E-state index in [1.807, 2.05) is 0 Å². The summed E-state index contributed by atoms with van der Waals surface area (Å²) in [6.45, 7) is 0. The molecule has 164 valence electrons. The third kappa shape index (κ3) is 5.55. The van der Waals surface area contributed by atoms with E-state index >= 15 is 0 Å². The Morgan fingerprint density at radius 2 is 1.62 bits per heavy atom. The largest absolute Gasteiger partial charge is 0.495 e. The highest BCUT2D eigenvalue weighted by atomic mass is 32.1. The second-order valence-corrected chi connectivity index (χ2v) is 6.87. The molecule has 0 spiro atoms. The van der Waals surface area contributed by atoms with Crippen LogP contribution in [0, 0.1) is 11.6 Å². The van der Waals surface area contributed by atoms with Gasteiger partial charge in [0.1, 0.15) is 5.75 Å². The Balaban J connectivity index is 1.76. The summed E-state index contributed by atoms with van der Waals surface area (Å²) in [4.78, 5) is 23.7. The number of carboxylic acid groups (broad SMARTS) is 1. The molecular formula is C22H17F2N3O4S. The highest BCUT2D eigenvalue weighted by Crippen LogP contribution is 2.26. The number of benzene rings is 3. The van der Waals surface area contributed by atoms with Crippen molar-refractivity contribution < 1.29 is 28.2 Å². The number of anilines is 3. The monoisotopic (exact) mass is 457 g/mol. The molecule has 4 N–H and O–H groups in total. The van der Waals surface area contributed by atoms with Crippen LogP contribution >= 0.6 is 12.2 Å². The van der Waals surface area contributed by atoms with Gasteiger partial charge in [-0.3, -0.25) is 4.79 Å². The third-order valence-corrected chi connectivity index (χ3v) is 4.46. The Kier molecular flexibility index (Phi) is 6.96. The summed E-state index contributed by atoms with van der Waals surface area (Å²) in [6.07, 6.45) is 0. The first kappa shape index (κ1) is 22.6. The van der Waals surface area contributed by atoms with Gasteiger partial charge in [0, 0.05) is 23.0 Å². The van der Waals surface area contributed by atoms with Crippen LogP contribution in [0.25, 0.3) is 0 Å². The van der Waals surface area contributed by atoms with E-state index in [9.17, 15) is 18.4 Å². The Morgan fingerprint density at radius 1 is 0.875 bits per heavy atom. The van der Waals surface area contributed by atoms with Crippen LogP contribution in [0.4, 0.5) is 25.8 Å². The summed E-state index contributed by atoms with van der Waals surface area (Å²) in [5, 5.41) is 17.5. The molecule has 0 saturated carbocycles. The minimum atomic E-state index is -1.08. The topological polar surface area (TPSA) is 99.7 Å². The van der Waals surface area contributed by atoms with Crippen LogP contribution in [0.5, 0.6) is 5.75 Å². The van der Waals surface area contributed by atoms with Crippen LogP contribution in [0.15, 0.2) is 60.7 Å². The van der Waals surface area contributed by atoms with E-state index < -0.39 is 23.5 Å². The van der Waals surface area contributed by atoms with Crippen molar-refractivity contribution in [3.63, 3.8) is 0 Å². The molecule has 0 radical (unpaired) electrons. The fourth-order valence-corrected chi connectivity index (χ4v) is 2.97. The summed E-state index contributed by atoms with van der Waals surface area (Å²) >= 11 is 5.27. The normalized spacial score (nSPS) is 10.2. The van der Waals surface area contributed by atoms with Crippen LogP contribution in [0.2, 0.25) is 0 Å². The minimum absolute atomic E-state index is 0.0891. The molecule has 3 aromatic rings. The molecule has 32 heavy (non-hydrogen) atoms. The molecule has 0 aliphatic heterocycles. The number of hydrogen-bond acceptors (Lipinski definition) is 4. The Hall–Kier alpha value is -4.05. The number of rotatable bonds is 6. The van der Waals surface area contributed by atoms with Crippen molar-refractivity contribution >= 4 is 46.3 Å². The Morgan fingerprint density at radius 3 is 2.31 bits per heavy atom. The van der Waals surface area contributed by atoms with Gasteiger partial charge in [-0.2, -0.15) is 0 Å². The molecule has 0 unspecified atom stereocenters. The maximum Gasteiger partial charge on any atom is 0.335 e. The number of ether oxygens (including phenoxy) is 1. The van der Waals surface area contributed by atoms with Gasteiger partial charge >= 0.3 is 5.97 Å². The number of amides is 1. The van der Waals surface area contributed by atoms with Crippen LogP contribution in [-0.2, 0) is 0 Å². The molecule has 3 rings (SSSR count). The average Bonchev–Trinajstić information content (AvgIpc) is 2.76. The maximum atomic E-state index is 13.4.